The molecule has 6 heteroatoms. The molecule has 0 fully saturated rings. The van der Waals surface area contributed by atoms with Gasteiger partial charge in [0, 0.05) is 16.9 Å². The maximum absolute atomic E-state index is 12.2. The normalized spacial score (nSPS) is 10.8. The zero-order valence-corrected chi connectivity index (χ0v) is 17.9. The highest BCUT2D eigenvalue weighted by Gasteiger charge is 2.09. The van der Waals surface area contributed by atoms with Crippen molar-refractivity contribution >= 4 is 35.1 Å². The number of hydrogen-bond donors (Lipinski definition) is 1. The van der Waals surface area contributed by atoms with E-state index >= 15 is 0 Å². The molecule has 1 N–H and O–H groups in total. The van der Waals surface area contributed by atoms with Crippen molar-refractivity contribution in [3.05, 3.63) is 82.4 Å². The van der Waals surface area contributed by atoms with E-state index in [0.717, 1.165) is 28.1 Å². The van der Waals surface area contributed by atoms with Crippen LogP contribution in [-0.2, 0) is 4.79 Å². The Labute approximate surface area is 181 Å². The number of hydrogen-bond acceptors (Lipinski definition) is 4. The topological polar surface area (TPSA) is 59.9 Å². The minimum absolute atomic E-state index is 0.126. The number of nitrogens with one attached hydrogen (secondary N) is 1. The lowest BCUT2D eigenvalue weighted by Crippen LogP contribution is -2.20. The molecule has 0 aliphatic carbocycles. The molecule has 0 spiro atoms. The first-order valence-corrected chi connectivity index (χ1v) is 9.80. The lowest BCUT2D eigenvalue weighted by molar-refractivity contribution is -0.118. The van der Waals surface area contributed by atoms with Crippen molar-refractivity contribution in [1.82, 2.24) is 0 Å². The summed E-state index contributed by atoms with van der Waals surface area (Å²) in [5, 5.41) is 3.49. The van der Waals surface area contributed by atoms with Crippen LogP contribution in [0.3, 0.4) is 0 Å². The average Bonchev–Trinajstić information content (AvgIpc) is 2.73. The van der Waals surface area contributed by atoms with E-state index in [1.54, 1.807) is 25.5 Å². The van der Waals surface area contributed by atoms with Gasteiger partial charge in [-0.25, -0.2) is 0 Å². The van der Waals surface area contributed by atoms with E-state index in [0.29, 0.717) is 16.5 Å². The van der Waals surface area contributed by atoms with Crippen molar-refractivity contribution in [2.45, 2.75) is 13.8 Å². The lowest BCUT2D eigenvalue weighted by Gasteiger charge is -2.12. The highest BCUT2D eigenvalue weighted by molar-refractivity contribution is 6.31. The van der Waals surface area contributed by atoms with Crippen molar-refractivity contribution in [1.29, 1.82) is 0 Å². The first kappa shape index (κ1) is 21.4. The highest BCUT2D eigenvalue weighted by Crippen LogP contribution is 2.29. The van der Waals surface area contributed by atoms with Crippen LogP contribution in [0.15, 0.2) is 65.7 Å². The van der Waals surface area contributed by atoms with E-state index in [1.807, 2.05) is 62.4 Å². The number of amides is 1. The van der Waals surface area contributed by atoms with E-state index in [4.69, 9.17) is 21.1 Å². The maximum atomic E-state index is 12.2. The van der Waals surface area contributed by atoms with Crippen LogP contribution in [0, 0.1) is 13.8 Å². The first-order chi connectivity index (χ1) is 14.5. The second kappa shape index (κ2) is 9.94. The number of anilines is 1. The van der Waals surface area contributed by atoms with E-state index in [-0.39, 0.29) is 12.5 Å². The Bertz CT molecular complexity index is 1080. The molecule has 0 aromatic heterocycles. The van der Waals surface area contributed by atoms with Crippen LogP contribution in [0.5, 0.6) is 11.5 Å². The first-order valence-electron chi connectivity index (χ1n) is 9.43. The van der Waals surface area contributed by atoms with Crippen molar-refractivity contribution in [2.24, 2.45) is 4.99 Å². The number of nitrogens with zero attached hydrogens (tertiary/aromatic N) is 1. The summed E-state index contributed by atoms with van der Waals surface area (Å²) in [6, 6.07) is 18.6. The number of halogens is 1. The molecule has 0 atom stereocenters. The standard InChI is InChI=1S/C24H23ClN2O3/c1-16-6-4-7-19(12-16)27-24(28)15-30-22-11-10-18(13-23(22)29-3)14-26-21-9-5-8-20(25)17(21)2/h4-14H,15H2,1-3H3,(H,27,28). The molecule has 0 bridgehead atoms. The molecule has 0 radical (unpaired) electrons. The molecule has 5 nitrogen and oxygen atoms in total. The number of benzene rings is 3. The Hall–Kier alpha value is -3.31. The zero-order chi connectivity index (χ0) is 21.5. The van der Waals surface area contributed by atoms with Gasteiger partial charge in [-0.05, 0) is 73.0 Å². The maximum Gasteiger partial charge on any atom is 0.262 e. The van der Waals surface area contributed by atoms with Crippen molar-refractivity contribution in [2.75, 3.05) is 19.0 Å². The predicted octanol–water partition coefficient (Wildman–Crippen LogP) is 5.73. The lowest BCUT2D eigenvalue weighted by atomic mass is 10.2. The smallest absolute Gasteiger partial charge is 0.262 e. The second-order valence-corrected chi connectivity index (χ2v) is 7.17. The highest BCUT2D eigenvalue weighted by atomic mass is 35.5. The summed E-state index contributed by atoms with van der Waals surface area (Å²) in [6.07, 6.45) is 1.73. The third-order valence-electron chi connectivity index (χ3n) is 4.44. The van der Waals surface area contributed by atoms with Crippen LogP contribution in [0.1, 0.15) is 16.7 Å². The molecule has 30 heavy (non-hydrogen) atoms. The number of carbonyl (C=O) groups excluding carboxylic acids is 1. The second-order valence-electron chi connectivity index (χ2n) is 6.76. The molecule has 0 saturated heterocycles. The Morgan fingerprint density at radius 3 is 2.63 bits per heavy atom. The van der Waals surface area contributed by atoms with Gasteiger partial charge in [-0.3, -0.25) is 9.79 Å². The van der Waals surface area contributed by atoms with Gasteiger partial charge in [-0.15, -0.1) is 0 Å². The monoisotopic (exact) mass is 422 g/mol. The van der Waals surface area contributed by atoms with Crippen LogP contribution >= 0.6 is 11.6 Å². The summed E-state index contributed by atoms with van der Waals surface area (Å²) in [6.45, 7) is 3.77. The predicted molar refractivity (Wildman–Crippen MR) is 122 cm³/mol. The van der Waals surface area contributed by atoms with Gasteiger partial charge in [0.15, 0.2) is 18.1 Å². The molecule has 0 heterocycles. The van der Waals surface area contributed by atoms with Gasteiger partial charge in [-0.1, -0.05) is 29.8 Å². The Morgan fingerprint density at radius 1 is 1.07 bits per heavy atom. The summed E-state index contributed by atoms with van der Waals surface area (Å²) in [5.41, 5.74) is 4.36. The molecule has 0 aliphatic heterocycles. The van der Waals surface area contributed by atoms with Gasteiger partial charge < -0.3 is 14.8 Å². The number of methoxy groups -OCH3 is 1. The van der Waals surface area contributed by atoms with Gasteiger partial charge in [0.05, 0.1) is 12.8 Å². The van der Waals surface area contributed by atoms with Crippen LogP contribution < -0.4 is 14.8 Å². The number of aryl methyl sites for hydroxylation is 1. The van der Waals surface area contributed by atoms with E-state index in [2.05, 4.69) is 10.3 Å². The summed E-state index contributed by atoms with van der Waals surface area (Å²) in [4.78, 5) is 16.7. The van der Waals surface area contributed by atoms with Crippen LogP contribution in [0.2, 0.25) is 5.02 Å². The minimum atomic E-state index is -0.246. The SMILES string of the molecule is COc1cc(C=Nc2cccc(Cl)c2C)ccc1OCC(=O)Nc1cccc(C)c1. The molecular formula is C24H23ClN2O3. The molecule has 3 aromatic carbocycles. The number of rotatable bonds is 7. The summed E-state index contributed by atoms with van der Waals surface area (Å²) < 4.78 is 11.1. The Morgan fingerprint density at radius 2 is 1.87 bits per heavy atom. The molecular weight excluding hydrogens is 400 g/mol. The summed E-state index contributed by atoms with van der Waals surface area (Å²) >= 11 is 6.14. The third kappa shape index (κ3) is 5.61. The number of aliphatic imine (C=N–C) groups is 1. The van der Waals surface area contributed by atoms with Crippen LogP contribution in [0.4, 0.5) is 11.4 Å². The Kier molecular flexibility index (Phi) is 7.09. The molecule has 154 valence electrons. The molecule has 1 amide bonds. The molecule has 0 saturated carbocycles. The summed E-state index contributed by atoms with van der Waals surface area (Å²) in [7, 11) is 1.55. The average molecular weight is 423 g/mol. The van der Waals surface area contributed by atoms with E-state index in [9.17, 15) is 4.79 Å². The van der Waals surface area contributed by atoms with Crippen molar-refractivity contribution < 1.29 is 14.3 Å². The molecule has 3 rings (SSSR count). The van der Waals surface area contributed by atoms with Crippen molar-refractivity contribution in [3.63, 3.8) is 0 Å². The molecule has 3 aromatic rings. The Balaban J connectivity index is 1.66. The van der Waals surface area contributed by atoms with Gasteiger partial charge in [0.1, 0.15) is 0 Å². The van der Waals surface area contributed by atoms with Crippen LogP contribution in [-0.4, -0.2) is 25.8 Å². The number of carbonyl (C=O) groups is 1. The van der Waals surface area contributed by atoms with Gasteiger partial charge >= 0.3 is 0 Å². The number of ether oxygens (including phenoxy) is 2. The molecule has 0 unspecified atom stereocenters. The fraction of sp³-hybridized carbons (Fsp3) is 0.167. The fourth-order valence-corrected chi connectivity index (χ4v) is 3.00. The van der Waals surface area contributed by atoms with E-state index < -0.39 is 0 Å². The van der Waals surface area contributed by atoms with Gasteiger partial charge in [0.2, 0.25) is 0 Å². The quantitative estimate of drug-likeness (QED) is 0.494. The van der Waals surface area contributed by atoms with Gasteiger partial charge in [0.25, 0.3) is 5.91 Å². The van der Waals surface area contributed by atoms with E-state index in [1.165, 1.54) is 0 Å². The van der Waals surface area contributed by atoms with Crippen LogP contribution in [0.25, 0.3) is 0 Å². The third-order valence-corrected chi connectivity index (χ3v) is 4.85. The van der Waals surface area contributed by atoms with Crippen molar-refractivity contribution in [3.8, 4) is 11.5 Å². The molecule has 0 aliphatic rings. The minimum Gasteiger partial charge on any atom is -0.493 e. The summed E-state index contributed by atoms with van der Waals surface area (Å²) in [5.74, 6) is 0.753. The fourth-order valence-electron chi connectivity index (χ4n) is 2.83. The zero-order valence-electron chi connectivity index (χ0n) is 17.1. The largest absolute Gasteiger partial charge is 0.493 e. The van der Waals surface area contributed by atoms with Gasteiger partial charge in [-0.2, -0.15) is 0 Å².